The number of piperidine rings is 2. The molecule has 4 heteroatoms. The minimum absolute atomic E-state index is 0.229. The van der Waals surface area contributed by atoms with Crippen molar-refractivity contribution in [1.29, 1.82) is 0 Å². The van der Waals surface area contributed by atoms with Gasteiger partial charge in [-0.25, -0.2) is 9.97 Å². The largest absolute Gasteiger partial charge is 0.356 e. The number of benzene rings is 1. The van der Waals surface area contributed by atoms with Crippen molar-refractivity contribution in [2.45, 2.75) is 43.9 Å². The standard InChI is InChI=1S/C23H28N4/c1-17-25-21(19-7-12-24-13-8-19)16-22(26-17)27-14-10-23(11-15-27)9-6-18-4-2-3-5-20(18)23/h2-6,9,16,19,24H,7-8,10-15H2,1H3. The quantitative estimate of drug-likeness (QED) is 0.884. The van der Waals surface area contributed by atoms with Gasteiger partial charge in [0.05, 0.1) is 0 Å². The molecule has 140 valence electrons. The highest BCUT2D eigenvalue weighted by Gasteiger charge is 2.38. The molecule has 3 aliphatic rings. The summed E-state index contributed by atoms with van der Waals surface area (Å²) in [7, 11) is 0. The Balaban J connectivity index is 1.36. The summed E-state index contributed by atoms with van der Waals surface area (Å²) in [4.78, 5) is 12.0. The van der Waals surface area contributed by atoms with E-state index in [2.05, 4.69) is 52.7 Å². The van der Waals surface area contributed by atoms with Crippen molar-refractivity contribution in [2.75, 3.05) is 31.1 Å². The number of hydrogen-bond donors (Lipinski definition) is 1. The number of fused-ring (bicyclic) bond motifs is 2. The molecule has 3 heterocycles. The van der Waals surface area contributed by atoms with Crippen LogP contribution < -0.4 is 10.2 Å². The van der Waals surface area contributed by atoms with Gasteiger partial charge in [0, 0.05) is 36.2 Å². The summed E-state index contributed by atoms with van der Waals surface area (Å²) in [6.07, 6.45) is 9.44. The summed E-state index contributed by atoms with van der Waals surface area (Å²) >= 11 is 0. The molecule has 0 unspecified atom stereocenters. The molecule has 4 nitrogen and oxygen atoms in total. The highest BCUT2D eigenvalue weighted by atomic mass is 15.2. The summed E-state index contributed by atoms with van der Waals surface area (Å²) in [5.74, 6) is 2.61. The fourth-order valence-electron chi connectivity index (χ4n) is 5.07. The van der Waals surface area contributed by atoms with Gasteiger partial charge in [-0.2, -0.15) is 0 Å². The molecule has 0 atom stereocenters. The lowest BCUT2D eigenvalue weighted by molar-refractivity contribution is 0.409. The molecule has 1 spiro atoms. The second-order valence-corrected chi connectivity index (χ2v) is 8.29. The Morgan fingerprint density at radius 3 is 2.67 bits per heavy atom. The van der Waals surface area contributed by atoms with E-state index in [1.807, 2.05) is 6.92 Å². The zero-order chi connectivity index (χ0) is 18.3. The van der Waals surface area contributed by atoms with Gasteiger partial charge in [0.15, 0.2) is 0 Å². The summed E-state index contributed by atoms with van der Waals surface area (Å²) in [5, 5.41) is 3.45. The molecule has 27 heavy (non-hydrogen) atoms. The molecule has 5 rings (SSSR count). The Hall–Kier alpha value is -2.20. The number of rotatable bonds is 2. The molecule has 1 aromatic heterocycles. The lowest BCUT2D eigenvalue weighted by Gasteiger charge is -2.40. The molecule has 2 aliphatic heterocycles. The summed E-state index contributed by atoms with van der Waals surface area (Å²) in [6.45, 7) is 6.35. The summed E-state index contributed by atoms with van der Waals surface area (Å²) in [5.41, 5.74) is 4.38. The van der Waals surface area contributed by atoms with Crippen LogP contribution in [0, 0.1) is 6.92 Å². The topological polar surface area (TPSA) is 41.1 Å². The minimum Gasteiger partial charge on any atom is -0.356 e. The number of allylic oxidation sites excluding steroid dienone is 1. The predicted molar refractivity (Wildman–Crippen MR) is 110 cm³/mol. The number of hydrogen-bond acceptors (Lipinski definition) is 4. The van der Waals surface area contributed by atoms with E-state index in [1.54, 1.807) is 0 Å². The maximum absolute atomic E-state index is 4.79. The van der Waals surface area contributed by atoms with Crippen molar-refractivity contribution in [3.63, 3.8) is 0 Å². The maximum atomic E-state index is 4.79. The van der Waals surface area contributed by atoms with Crippen LogP contribution in [0.5, 0.6) is 0 Å². The molecule has 0 radical (unpaired) electrons. The number of aryl methyl sites for hydroxylation is 1. The predicted octanol–water partition coefficient (Wildman–Crippen LogP) is 3.82. The summed E-state index contributed by atoms with van der Waals surface area (Å²) < 4.78 is 0. The molecule has 1 N–H and O–H groups in total. The van der Waals surface area contributed by atoms with Gasteiger partial charge < -0.3 is 10.2 Å². The third-order valence-electron chi connectivity index (χ3n) is 6.66. The number of nitrogens with zero attached hydrogens (tertiary/aromatic N) is 3. The van der Waals surface area contributed by atoms with Gasteiger partial charge in [0.1, 0.15) is 11.6 Å². The van der Waals surface area contributed by atoms with Gasteiger partial charge in [-0.05, 0) is 56.8 Å². The van der Waals surface area contributed by atoms with Crippen LogP contribution in [-0.4, -0.2) is 36.1 Å². The van der Waals surface area contributed by atoms with Gasteiger partial charge in [-0.15, -0.1) is 0 Å². The van der Waals surface area contributed by atoms with E-state index in [-0.39, 0.29) is 5.41 Å². The van der Waals surface area contributed by atoms with Crippen molar-refractivity contribution >= 4 is 11.9 Å². The fourth-order valence-corrected chi connectivity index (χ4v) is 5.07. The Bertz CT molecular complexity index is 858. The van der Waals surface area contributed by atoms with E-state index in [4.69, 9.17) is 9.97 Å². The fraction of sp³-hybridized carbons (Fsp3) is 0.478. The van der Waals surface area contributed by atoms with E-state index in [1.165, 1.54) is 29.7 Å². The smallest absolute Gasteiger partial charge is 0.132 e. The zero-order valence-corrected chi connectivity index (χ0v) is 16.1. The monoisotopic (exact) mass is 360 g/mol. The van der Waals surface area contributed by atoms with Crippen LogP contribution in [0.4, 0.5) is 5.82 Å². The minimum atomic E-state index is 0.229. The van der Waals surface area contributed by atoms with Crippen LogP contribution in [-0.2, 0) is 5.41 Å². The molecular weight excluding hydrogens is 332 g/mol. The van der Waals surface area contributed by atoms with Gasteiger partial charge >= 0.3 is 0 Å². The van der Waals surface area contributed by atoms with Gasteiger partial charge in [0.2, 0.25) is 0 Å². The first-order valence-corrected chi connectivity index (χ1v) is 10.3. The van der Waals surface area contributed by atoms with Crippen molar-refractivity contribution in [2.24, 2.45) is 0 Å². The molecule has 2 aromatic rings. The average molecular weight is 361 g/mol. The molecule has 1 aromatic carbocycles. The van der Waals surface area contributed by atoms with Gasteiger partial charge in [0.25, 0.3) is 0 Å². The third kappa shape index (κ3) is 3.06. The van der Waals surface area contributed by atoms with Crippen molar-refractivity contribution in [3.05, 3.63) is 59.1 Å². The van der Waals surface area contributed by atoms with Crippen LogP contribution in [0.15, 0.2) is 36.4 Å². The normalized spacial score (nSPS) is 21.6. The Morgan fingerprint density at radius 2 is 1.85 bits per heavy atom. The van der Waals surface area contributed by atoms with Crippen LogP contribution in [0.3, 0.4) is 0 Å². The second kappa shape index (κ2) is 6.75. The Labute approximate surface area is 161 Å². The van der Waals surface area contributed by atoms with Crippen LogP contribution in [0.1, 0.15) is 54.2 Å². The van der Waals surface area contributed by atoms with E-state index in [0.29, 0.717) is 5.92 Å². The molecule has 1 aliphatic carbocycles. The van der Waals surface area contributed by atoms with Crippen molar-refractivity contribution < 1.29 is 0 Å². The molecule has 2 fully saturated rings. The average Bonchev–Trinajstić information content (AvgIpc) is 3.07. The number of nitrogens with one attached hydrogen (secondary N) is 1. The van der Waals surface area contributed by atoms with Gasteiger partial charge in [-0.3, -0.25) is 0 Å². The van der Waals surface area contributed by atoms with E-state index < -0.39 is 0 Å². The lowest BCUT2D eigenvalue weighted by atomic mass is 9.74. The van der Waals surface area contributed by atoms with Crippen LogP contribution >= 0.6 is 0 Å². The molecule has 2 saturated heterocycles. The van der Waals surface area contributed by atoms with E-state index >= 15 is 0 Å². The Morgan fingerprint density at radius 1 is 1.07 bits per heavy atom. The van der Waals surface area contributed by atoms with Crippen molar-refractivity contribution in [3.8, 4) is 0 Å². The maximum Gasteiger partial charge on any atom is 0.132 e. The highest BCUT2D eigenvalue weighted by molar-refractivity contribution is 5.65. The van der Waals surface area contributed by atoms with Crippen LogP contribution in [0.25, 0.3) is 6.08 Å². The lowest BCUT2D eigenvalue weighted by Crippen LogP contribution is -2.41. The summed E-state index contributed by atoms with van der Waals surface area (Å²) in [6, 6.07) is 11.1. The van der Waals surface area contributed by atoms with Crippen molar-refractivity contribution in [1.82, 2.24) is 15.3 Å². The van der Waals surface area contributed by atoms with E-state index in [9.17, 15) is 0 Å². The molecule has 0 bridgehead atoms. The SMILES string of the molecule is Cc1nc(C2CCNCC2)cc(N2CCC3(C=Cc4ccccc43)CC2)n1. The third-order valence-corrected chi connectivity index (χ3v) is 6.66. The molecule has 0 amide bonds. The number of aromatic nitrogens is 2. The first-order valence-electron chi connectivity index (χ1n) is 10.3. The number of anilines is 1. The molecular formula is C23H28N4. The van der Waals surface area contributed by atoms with E-state index in [0.717, 1.165) is 50.7 Å². The van der Waals surface area contributed by atoms with Crippen LogP contribution in [0.2, 0.25) is 0 Å². The van der Waals surface area contributed by atoms with Gasteiger partial charge in [-0.1, -0.05) is 36.4 Å². The zero-order valence-electron chi connectivity index (χ0n) is 16.1. The highest BCUT2D eigenvalue weighted by Crippen LogP contribution is 2.44. The Kier molecular flexibility index (Phi) is 4.24. The first kappa shape index (κ1) is 16.9. The molecule has 0 saturated carbocycles. The first-order chi connectivity index (χ1) is 13.2. The second-order valence-electron chi connectivity index (χ2n) is 8.29.